The molecule has 0 aromatic carbocycles. The summed E-state index contributed by atoms with van der Waals surface area (Å²) in [5.74, 6) is -0.314. The van der Waals surface area contributed by atoms with Gasteiger partial charge in [-0.05, 0) is 12.5 Å². The summed E-state index contributed by atoms with van der Waals surface area (Å²) in [6, 6.07) is 0. The van der Waals surface area contributed by atoms with Gasteiger partial charge in [-0.2, -0.15) is 0 Å². The monoisotopic (exact) mass is 152 g/mol. The van der Waals surface area contributed by atoms with Crippen LogP contribution in [-0.4, -0.2) is 15.5 Å². The molecule has 1 aromatic rings. The number of carbonyl (C=O) groups is 1. The second-order valence-electron chi connectivity index (χ2n) is 2.30. The van der Waals surface area contributed by atoms with Gasteiger partial charge in [-0.1, -0.05) is 0 Å². The molecular weight excluding hydrogens is 144 g/mol. The van der Waals surface area contributed by atoms with Gasteiger partial charge in [-0.15, -0.1) is 0 Å². The molecule has 0 radical (unpaired) electrons. The molecule has 1 heterocycles. The van der Waals surface area contributed by atoms with Gasteiger partial charge in [0.1, 0.15) is 0 Å². The quantitative estimate of drug-likeness (QED) is 0.534. The molecule has 0 aliphatic rings. The van der Waals surface area contributed by atoms with Crippen molar-refractivity contribution in [3.8, 4) is 0 Å². The predicted octanol–water partition coefficient (Wildman–Crippen LogP) is 0.212. The van der Waals surface area contributed by atoms with Crippen LogP contribution >= 0.6 is 0 Å². The summed E-state index contributed by atoms with van der Waals surface area (Å²) in [6.45, 7) is 3.09. The minimum absolute atomic E-state index is 0.314. The fourth-order valence-corrected chi connectivity index (χ4v) is 0.737. The first-order valence-electron chi connectivity index (χ1n) is 3.17. The Bertz CT molecular complexity index is 341. The highest BCUT2D eigenvalue weighted by Crippen LogP contribution is 1.88. The number of hydrogen-bond acceptors (Lipinski definition) is 3. The van der Waals surface area contributed by atoms with Crippen LogP contribution in [0.3, 0.4) is 0 Å². The van der Waals surface area contributed by atoms with Crippen LogP contribution in [0.2, 0.25) is 0 Å². The molecule has 58 valence electrons. The summed E-state index contributed by atoms with van der Waals surface area (Å²) in [4.78, 5) is 25.1. The van der Waals surface area contributed by atoms with Crippen LogP contribution in [-0.2, 0) is 0 Å². The lowest BCUT2D eigenvalue weighted by Crippen LogP contribution is -2.26. The van der Waals surface area contributed by atoms with Crippen molar-refractivity contribution < 1.29 is 4.79 Å². The van der Waals surface area contributed by atoms with Gasteiger partial charge in [-0.25, -0.2) is 14.3 Å². The van der Waals surface area contributed by atoms with Crippen molar-refractivity contribution in [2.24, 2.45) is 0 Å². The minimum atomic E-state index is -0.525. The van der Waals surface area contributed by atoms with Gasteiger partial charge in [0.2, 0.25) is 5.91 Å². The number of carbonyl (C=O) groups excluding carboxylic acids is 1. The van der Waals surface area contributed by atoms with Crippen LogP contribution in [0.4, 0.5) is 0 Å². The molecule has 0 N–H and O–H groups in total. The Morgan fingerprint density at radius 1 is 1.64 bits per heavy atom. The molecule has 4 nitrogen and oxygen atoms in total. The highest BCUT2D eigenvalue weighted by Gasteiger charge is 1.99. The van der Waals surface area contributed by atoms with E-state index < -0.39 is 5.69 Å². The lowest BCUT2D eigenvalue weighted by molar-refractivity contribution is 0.0930. The van der Waals surface area contributed by atoms with E-state index in [2.05, 4.69) is 4.98 Å². The van der Waals surface area contributed by atoms with Crippen LogP contribution in [0, 0.1) is 6.92 Å². The first kappa shape index (κ1) is 7.65. The molecule has 4 heteroatoms. The third-order valence-electron chi connectivity index (χ3n) is 1.26. The van der Waals surface area contributed by atoms with E-state index in [1.165, 1.54) is 19.3 Å². The molecule has 0 saturated carbocycles. The molecular formula is C7H8N2O2. The average Bonchev–Trinajstić information content (AvgIpc) is 1.94. The van der Waals surface area contributed by atoms with Gasteiger partial charge in [0.05, 0.1) is 0 Å². The average molecular weight is 152 g/mol. The normalized spacial score (nSPS) is 9.64. The standard InChI is InChI=1S/C7H8N2O2/c1-5-3-8-7(11)9(4-5)6(2)10/h3-4H,1-2H3. The second kappa shape index (κ2) is 2.65. The van der Waals surface area contributed by atoms with E-state index in [9.17, 15) is 9.59 Å². The van der Waals surface area contributed by atoms with Gasteiger partial charge < -0.3 is 0 Å². The highest BCUT2D eigenvalue weighted by molar-refractivity contribution is 5.75. The fourth-order valence-electron chi connectivity index (χ4n) is 0.737. The molecule has 11 heavy (non-hydrogen) atoms. The van der Waals surface area contributed by atoms with E-state index in [0.717, 1.165) is 10.1 Å². The molecule has 0 unspecified atom stereocenters. The van der Waals surface area contributed by atoms with Crippen LogP contribution < -0.4 is 5.69 Å². The third kappa shape index (κ3) is 1.52. The molecule has 0 fully saturated rings. The Morgan fingerprint density at radius 3 is 2.73 bits per heavy atom. The second-order valence-corrected chi connectivity index (χ2v) is 2.30. The zero-order chi connectivity index (χ0) is 8.43. The maximum Gasteiger partial charge on any atom is 0.354 e. The van der Waals surface area contributed by atoms with Crippen LogP contribution in [0.1, 0.15) is 17.3 Å². The van der Waals surface area contributed by atoms with Crippen molar-refractivity contribution in [3.63, 3.8) is 0 Å². The van der Waals surface area contributed by atoms with E-state index in [1.807, 2.05) is 0 Å². The van der Waals surface area contributed by atoms with Crippen molar-refractivity contribution >= 4 is 5.91 Å². The van der Waals surface area contributed by atoms with Crippen LogP contribution in [0.5, 0.6) is 0 Å². The van der Waals surface area contributed by atoms with Gasteiger partial charge in [0.25, 0.3) is 0 Å². The van der Waals surface area contributed by atoms with E-state index in [0.29, 0.717) is 0 Å². The first-order valence-corrected chi connectivity index (χ1v) is 3.17. The summed E-state index contributed by atoms with van der Waals surface area (Å²) < 4.78 is 0.981. The molecule has 0 spiro atoms. The third-order valence-corrected chi connectivity index (χ3v) is 1.26. The van der Waals surface area contributed by atoms with Crippen LogP contribution in [0.25, 0.3) is 0 Å². The van der Waals surface area contributed by atoms with E-state index >= 15 is 0 Å². The molecule has 0 aliphatic heterocycles. The van der Waals surface area contributed by atoms with Gasteiger partial charge in [-0.3, -0.25) is 4.79 Å². The Balaban J connectivity index is 3.35. The summed E-state index contributed by atoms with van der Waals surface area (Å²) in [6.07, 6.45) is 2.90. The first-order chi connectivity index (χ1) is 5.11. The zero-order valence-corrected chi connectivity index (χ0v) is 6.37. The minimum Gasteiger partial charge on any atom is -0.274 e. The number of nitrogens with zero attached hydrogens (tertiary/aromatic N) is 2. The number of hydrogen-bond donors (Lipinski definition) is 0. The molecule has 0 aliphatic carbocycles. The summed E-state index contributed by atoms with van der Waals surface area (Å²) in [5.41, 5.74) is 0.267. The smallest absolute Gasteiger partial charge is 0.274 e. The van der Waals surface area contributed by atoms with E-state index in [1.54, 1.807) is 6.92 Å². The van der Waals surface area contributed by atoms with Gasteiger partial charge >= 0.3 is 5.69 Å². The molecule has 0 amide bonds. The van der Waals surface area contributed by atoms with Crippen molar-refractivity contribution in [1.82, 2.24) is 9.55 Å². The number of aryl methyl sites for hydroxylation is 1. The van der Waals surface area contributed by atoms with Gasteiger partial charge in [0.15, 0.2) is 0 Å². The lowest BCUT2D eigenvalue weighted by Gasteiger charge is -1.97. The molecule has 0 atom stereocenters. The summed E-state index contributed by atoms with van der Waals surface area (Å²) >= 11 is 0. The molecule has 1 aromatic heterocycles. The summed E-state index contributed by atoms with van der Waals surface area (Å²) in [7, 11) is 0. The highest BCUT2D eigenvalue weighted by atomic mass is 16.2. The van der Waals surface area contributed by atoms with Gasteiger partial charge in [0, 0.05) is 19.3 Å². The topological polar surface area (TPSA) is 52.0 Å². The molecule has 1 rings (SSSR count). The predicted molar refractivity (Wildman–Crippen MR) is 39.5 cm³/mol. The van der Waals surface area contributed by atoms with E-state index in [4.69, 9.17) is 0 Å². The van der Waals surface area contributed by atoms with Crippen molar-refractivity contribution in [1.29, 1.82) is 0 Å². The largest absolute Gasteiger partial charge is 0.354 e. The molecule has 0 bridgehead atoms. The van der Waals surface area contributed by atoms with E-state index in [-0.39, 0.29) is 5.91 Å². The number of rotatable bonds is 0. The number of aromatic nitrogens is 2. The Morgan fingerprint density at radius 2 is 2.27 bits per heavy atom. The Labute approximate surface area is 63.5 Å². The van der Waals surface area contributed by atoms with Crippen molar-refractivity contribution in [2.45, 2.75) is 13.8 Å². The Hall–Kier alpha value is -1.45. The zero-order valence-electron chi connectivity index (χ0n) is 6.37. The summed E-state index contributed by atoms with van der Waals surface area (Å²) in [5, 5.41) is 0. The molecule has 0 saturated heterocycles. The van der Waals surface area contributed by atoms with Crippen LogP contribution in [0.15, 0.2) is 17.2 Å². The maximum atomic E-state index is 10.8. The lowest BCUT2D eigenvalue weighted by atomic mass is 10.4. The fraction of sp³-hybridized carbons (Fsp3) is 0.286. The SMILES string of the molecule is CC(=O)n1cc(C)cnc1=O. The Kier molecular flexibility index (Phi) is 1.85. The van der Waals surface area contributed by atoms with Crippen molar-refractivity contribution in [2.75, 3.05) is 0 Å². The maximum absolute atomic E-state index is 10.8. The van der Waals surface area contributed by atoms with Crippen molar-refractivity contribution in [3.05, 3.63) is 28.4 Å².